The standard InChI is InChI=1S/C11H19F3N2O4/c12-9-19-8-7-18-5-3-15-1-2-16(11(15)17)4-6-20-10(13)14/h10H,1-9H2. The van der Waals surface area contributed by atoms with Crippen LogP contribution in [0.25, 0.3) is 0 Å². The zero-order valence-electron chi connectivity index (χ0n) is 11.1. The quantitative estimate of drug-likeness (QED) is 0.533. The van der Waals surface area contributed by atoms with Crippen LogP contribution in [-0.4, -0.2) is 81.9 Å². The van der Waals surface area contributed by atoms with Gasteiger partial charge in [-0.1, -0.05) is 0 Å². The summed E-state index contributed by atoms with van der Waals surface area (Å²) in [6.45, 7) is -1.54. The zero-order valence-corrected chi connectivity index (χ0v) is 11.1. The number of carbonyl (C=O) groups is 1. The van der Waals surface area contributed by atoms with Gasteiger partial charge < -0.3 is 24.0 Å². The molecule has 0 N–H and O–H groups in total. The lowest BCUT2D eigenvalue weighted by molar-refractivity contribution is -0.130. The zero-order chi connectivity index (χ0) is 14.8. The van der Waals surface area contributed by atoms with Gasteiger partial charge in [0.25, 0.3) is 0 Å². The first-order valence-corrected chi connectivity index (χ1v) is 6.30. The summed E-state index contributed by atoms with van der Waals surface area (Å²) in [7, 11) is 0. The molecule has 1 aliphatic heterocycles. The van der Waals surface area contributed by atoms with Crippen molar-refractivity contribution in [3.05, 3.63) is 0 Å². The molecule has 1 heterocycles. The van der Waals surface area contributed by atoms with Crippen molar-refractivity contribution in [1.29, 1.82) is 0 Å². The van der Waals surface area contributed by atoms with Gasteiger partial charge in [0.2, 0.25) is 0 Å². The smallest absolute Gasteiger partial charge is 0.345 e. The molecule has 0 aliphatic carbocycles. The summed E-state index contributed by atoms with van der Waals surface area (Å²) in [5.41, 5.74) is 0. The second kappa shape index (κ2) is 9.78. The average Bonchev–Trinajstić information content (AvgIpc) is 2.75. The molecule has 1 fully saturated rings. The molecule has 0 saturated carbocycles. The van der Waals surface area contributed by atoms with Crippen LogP contribution in [0.1, 0.15) is 0 Å². The predicted octanol–water partition coefficient (Wildman–Crippen LogP) is 0.923. The first kappa shape index (κ1) is 17.0. The van der Waals surface area contributed by atoms with E-state index in [0.29, 0.717) is 26.2 Å². The van der Waals surface area contributed by atoms with Crippen molar-refractivity contribution in [3.8, 4) is 0 Å². The molecule has 0 bridgehead atoms. The fraction of sp³-hybridized carbons (Fsp3) is 0.909. The Hall–Kier alpha value is -1.06. The highest BCUT2D eigenvalue weighted by Gasteiger charge is 2.27. The van der Waals surface area contributed by atoms with Gasteiger partial charge in [-0.25, -0.2) is 9.18 Å². The van der Waals surface area contributed by atoms with Crippen molar-refractivity contribution >= 4 is 6.03 Å². The Labute approximate surface area is 115 Å². The Morgan fingerprint density at radius 1 is 1.00 bits per heavy atom. The molecule has 0 aromatic rings. The largest absolute Gasteiger partial charge is 0.377 e. The molecule has 1 rings (SSSR count). The predicted molar refractivity (Wildman–Crippen MR) is 63.2 cm³/mol. The van der Waals surface area contributed by atoms with Crippen LogP contribution in [0.4, 0.5) is 18.0 Å². The van der Waals surface area contributed by atoms with E-state index in [-0.39, 0.29) is 32.4 Å². The van der Waals surface area contributed by atoms with Gasteiger partial charge in [-0.15, -0.1) is 0 Å². The topological polar surface area (TPSA) is 51.2 Å². The molecular weight excluding hydrogens is 281 g/mol. The van der Waals surface area contributed by atoms with E-state index in [1.165, 1.54) is 4.90 Å². The number of hydrogen-bond acceptors (Lipinski definition) is 4. The van der Waals surface area contributed by atoms with Crippen molar-refractivity contribution in [1.82, 2.24) is 9.80 Å². The number of carbonyl (C=O) groups excluding carboxylic acids is 1. The molecule has 6 nitrogen and oxygen atoms in total. The highest BCUT2D eigenvalue weighted by Crippen LogP contribution is 2.08. The number of ether oxygens (including phenoxy) is 3. The maximum atomic E-state index is 11.8. The van der Waals surface area contributed by atoms with Gasteiger partial charge in [-0.3, -0.25) is 0 Å². The Balaban J connectivity index is 2.08. The van der Waals surface area contributed by atoms with Crippen LogP contribution < -0.4 is 0 Å². The van der Waals surface area contributed by atoms with Gasteiger partial charge in [0.15, 0.2) is 6.86 Å². The summed E-state index contributed by atoms with van der Waals surface area (Å²) in [6, 6.07) is -0.216. The molecule has 9 heteroatoms. The van der Waals surface area contributed by atoms with Gasteiger partial charge in [0.1, 0.15) is 0 Å². The lowest BCUT2D eigenvalue weighted by Gasteiger charge is -2.18. The second-order valence-corrected chi connectivity index (χ2v) is 4.02. The van der Waals surface area contributed by atoms with Crippen LogP contribution in [0.15, 0.2) is 0 Å². The van der Waals surface area contributed by atoms with Crippen LogP contribution in [0, 0.1) is 0 Å². The minimum atomic E-state index is -2.82. The summed E-state index contributed by atoms with van der Waals surface area (Å²) in [5, 5.41) is 0. The van der Waals surface area contributed by atoms with Gasteiger partial charge in [0, 0.05) is 26.2 Å². The number of amides is 2. The maximum Gasteiger partial charge on any atom is 0.345 e. The number of hydrogen-bond donors (Lipinski definition) is 0. The fourth-order valence-corrected chi connectivity index (χ4v) is 1.75. The van der Waals surface area contributed by atoms with Crippen molar-refractivity contribution in [2.24, 2.45) is 0 Å². The van der Waals surface area contributed by atoms with E-state index in [2.05, 4.69) is 9.47 Å². The molecule has 0 atom stereocenters. The summed E-state index contributed by atoms with van der Waals surface area (Å²) >= 11 is 0. The Bertz CT molecular complexity index is 284. The SMILES string of the molecule is O=C1N(CCOCCOCF)CCN1CCOC(F)F. The maximum absolute atomic E-state index is 11.8. The van der Waals surface area contributed by atoms with E-state index in [1.807, 2.05) is 0 Å². The van der Waals surface area contributed by atoms with Crippen molar-refractivity contribution in [2.45, 2.75) is 6.61 Å². The molecule has 1 aliphatic rings. The molecule has 1 saturated heterocycles. The normalized spacial score (nSPS) is 15.7. The highest BCUT2D eigenvalue weighted by atomic mass is 19.3. The Morgan fingerprint density at radius 3 is 2.20 bits per heavy atom. The van der Waals surface area contributed by atoms with Crippen LogP contribution in [0.2, 0.25) is 0 Å². The minimum Gasteiger partial charge on any atom is -0.377 e. The number of rotatable bonds is 11. The molecule has 0 radical (unpaired) electrons. The molecule has 2 amide bonds. The first-order chi connectivity index (χ1) is 9.65. The van der Waals surface area contributed by atoms with E-state index in [0.717, 1.165) is 0 Å². The molecule has 20 heavy (non-hydrogen) atoms. The molecule has 0 aromatic heterocycles. The third kappa shape index (κ3) is 6.40. The fourth-order valence-electron chi connectivity index (χ4n) is 1.75. The van der Waals surface area contributed by atoms with E-state index >= 15 is 0 Å². The minimum absolute atomic E-state index is 0.144. The summed E-state index contributed by atoms with van der Waals surface area (Å²) in [6.07, 6.45) is 0. The van der Waals surface area contributed by atoms with Gasteiger partial charge in [-0.05, 0) is 0 Å². The van der Waals surface area contributed by atoms with Gasteiger partial charge in [-0.2, -0.15) is 8.78 Å². The van der Waals surface area contributed by atoms with E-state index in [1.54, 1.807) is 4.90 Å². The first-order valence-electron chi connectivity index (χ1n) is 6.30. The summed E-state index contributed by atoms with van der Waals surface area (Å²) < 4.78 is 48.9. The number of urea groups is 1. The van der Waals surface area contributed by atoms with Gasteiger partial charge in [0.05, 0.1) is 26.4 Å². The van der Waals surface area contributed by atoms with Crippen LogP contribution in [-0.2, 0) is 14.2 Å². The molecule has 0 unspecified atom stereocenters. The average molecular weight is 300 g/mol. The van der Waals surface area contributed by atoms with E-state index in [4.69, 9.17) is 4.74 Å². The van der Waals surface area contributed by atoms with Crippen molar-refractivity contribution < 1.29 is 32.2 Å². The van der Waals surface area contributed by atoms with Gasteiger partial charge >= 0.3 is 12.6 Å². The van der Waals surface area contributed by atoms with Crippen molar-refractivity contribution in [3.63, 3.8) is 0 Å². The molecule has 0 aromatic carbocycles. The Morgan fingerprint density at radius 2 is 1.60 bits per heavy atom. The Kier molecular flexibility index (Phi) is 8.31. The van der Waals surface area contributed by atoms with E-state index in [9.17, 15) is 18.0 Å². The number of nitrogens with zero attached hydrogens (tertiary/aromatic N) is 2. The van der Waals surface area contributed by atoms with E-state index < -0.39 is 13.5 Å². The van der Waals surface area contributed by atoms with Crippen LogP contribution in [0.5, 0.6) is 0 Å². The molecular formula is C11H19F3N2O4. The lowest BCUT2D eigenvalue weighted by Crippen LogP contribution is -2.35. The third-order valence-corrected chi connectivity index (χ3v) is 2.74. The van der Waals surface area contributed by atoms with Crippen molar-refractivity contribution in [2.75, 3.05) is 59.5 Å². The third-order valence-electron chi connectivity index (χ3n) is 2.74. The molecule has 118 valence electrons. The number of halogens is 3. The van der Waals surface area contributed by atoms with Crippen LogP contribution in [0.3, 0.4) is 0 Å². The lowest BCUT2D eigenvalue weighted by atomic mass is 10.5. The summed E-state index contributed by atoms with van der Waals surface area (Å²) in [5.74, 6) is 0. The highest BCUT2D eigenvalue weighted by molar-refractivity contribution is 5.76. The monoisotopic (exact) mass is 300 g/mol. The summed E-state index contributed by atoms with van der Waals surface area (Å²) in [4.78, 5) is 14.8. The van der Waals surface area contributed by atoms with Crippen LogP contribution >= 0.6 is 0 Å². The number of alkyl halides is 3. The second-order valence-electron chi connectivity index (χ2n) is 4.02. The molecule has 0 spiro atoms.